The molecule has 0 aromatic carbocycles. The van der Waals surface area contributed by atoms with Gasteiger partial charge in [-0.05, 0) is 19.8 Å². The average Bonchev–Trinajstić information content (AvgIpc) is 2.69. The standard InChI is InChI=1S/C11H18N4O2/c1-2-15-7-9(12)10(13-15)11(17)14-5-3-4-8(16)6-14/h7-8,16H,2-6,12H2,1H3. The molecule has 0 bridgehead atoms. The Morgan fingerprint density at radius 1 is 1.71 bits per heavy atom. The predicted octanol–water partition coefficient (Wildman–Crippen LogP) is 0.0821. The molecular weight excluding hydrogens is 220 g/mol. The molecule has 6 heteroatoms. The Bertz CT molecular complexity index is 416. The third-order valence-corrected chi connectivity index (χ3v) is 3.00. The Balaban J connectivity index is 2.15. The van der Waals surface area contributed by atoms with Crippen molar-refractivity contribution in [3.8, 4) is 0 Å². The molecule has 3 N–H and O–H groups in total. The molecule has 0 aliphatic carbocycles. The van der Waals surface area contributed by atoms with Crippen LogP contribution in [-0.4, -0.2) is 44.9 Å². The summed E-state index contributed by atoms with van der Waals surface area (Å²) >= 11 is 0. The topological polar surface area (TPSA) is 84.4 Å². The van der Waals surface area contributed by atoms with Gasteiger partial charge in [0.05, 0.1) is 11.8 Å². The number of aliphatic hydroxyl groups is 1. The lowest BCUT2D eigenvalue weighted by atomic mass is 10.1. The molecule has 1 aliphatic rings. The first-order valence-electron chi connectivity index (χ1n) is 5.92. The van der Waals surface area contributed by atoms with E-state index in [1.807, 2.05) is 6.92 Å². The summed E-state index contributed by atoms with van der Waals surface area (Å²) < 4.78 is 1.64. The molecule has 2 heterocycles. The van der Waals surface area contributed by atoms with E-state index in [1.54, 1.807) is 15.8 Å². The Labute approximate surface area is 100 Å². The average molecular weight is 238 g/mol. The van der Waals surface area contributed by atoms with Crippen LogP contribution in [0.4, 0.5) is 5.69 Å². The fourth-order valence-corrected chi connectivity index (χ4v) is 2.05. The van der Waals surface area contributed by atoms with Gasteiger partial charge in [-0.3, -0.25) is 9.48 Å². The van der Waals surface area contributed by atoms with Crippen LogP contribution >= 0.6 is 0 Å². The first kappa shape index (κ1) is 11.9. The van der Waals surface area contributed by atoms with E-state index in [1.165, 1.54) is 0 Å². The number of piperidine rings is 1. The summed E-state index contributed by atoms with van der Waals surface area (Å²) in [6, 6.07) is 0. The molecule has 1 atom stereocenters. The third kappa shape index (κ3) is 2.41. The van der Waals surface area contributed by atoms with Crippen molar-refractivity contribution in [3.63, 3.8) is 0 Å². The second-order valence-electron chi connectivity index (χ2n) is 4.34. The van der Waals surface area contributed by atoms with Crippen LogP contribution in [0.1, 0.15) is 30.3 Å². The maximum atomic E-state index is 12.2. The van der Waals surface area contributed by atoms with E-state index in [0.29, 0.717) is 31.0 Å². The second-order valence-corrected chi connectivity index (χ2v) is 4.34. The number of hydrogen-bond donors (Lipinski definition) is 2. The van der Waals surface area contributed by atoms with Crippen LogP contribution in [0.25, 0.3) is 0 Å². The van der Waals surface area contributed by atoms with Gasteiger partial charge in [0.2, 0.25) is 0 Å². The smallest absolute Gasteiger partial charge is 0.276 e. The van der Waals surface area contributed by atoms with Gasteiger partial charge in [0.25, 0.3) is 5.91 Å². The van der Waals surface area contributed by atoms with Gasteiger partial charge < -0.3 is 15.7 Å². The van der Waals surface area contributed by atoms with Crippen molar-refractivity contribution in [2.75, 3.05) is 18.8 Å². The van der Waals surface area contributed by atoms with Crippen LogP contribution in [0.3, 0.4) is 0 Å². The number of likely N-dealkylation sites (tertiary alicyclic amines) is 1. The zero-order valence-corrected chi connectivity index (χ0v) is 9.96. The molecule has 0 radical (unpaired) electrons. The highest BCUT2D eigenvalue weighted by Gasteiger charge is 2.26. The molecule has 1 fully saturated rings. The van der Waals surface area contributed by atoms with Gasteiger partial charge in [0.1, 0.15) is 0 Å². The van der Waals surface area contributed by atoms with Crippen molar-refractivity contribution in [2.45, 2.75) is 32.4 Å². The van der Waals surface area contributed by atoms with Crippen molar-refractivity contribution >= 4 is 11.6 Å². The lowest BCUT2D eigenvalue weighted by Crippen LogP contribution is -2.42. The molecule has 1 unspecified atom stereocenters. The third-order valence-electron chi connectivity index (χ3n) is 3.00. The molecule has 17 heavy (non-hydrogen) atoms. The lowest BCUT2D eigenvalue weighted by Gasteiger charge is -2.29. The quantitative estimate of drug-likeness (QED) is 0.764. The van der Waals surface area contributed by atoms with Crippen molar-refractivity contribution in [1.29, 1.82) is 0 Å². The highest BCUT2D eigenvalue weighted by atomic mass is 16.3. The van der Waals surface area contributed by atoms with E-state index < -0.39 is 6.10 Å². The monoisotopic (exact) mass is 238 g/mol. The van der Waals surface area contributed by atoms with Crippen LogP contribution in [0.15, 0.2) is 6.20 Å². The van der Waals surface area contributed by atoms with Gasteiger partial charge in [-0.25, -0.2) is 0 Å². The zero-order valence-electron chi connectivity index (χ0n) is 9.96. The van der Waals surface area contributed by atoms with Crippen molar-refractivity contribution in [3.05, 3.63) is 11.9 Å². The molecule has 6 nitrogen and oxygen atoms in total. The first-order valence-corrected chi connectivity index (χ1v) is 5.92. The van der Waals surface area contributed by atoms with Crippen LogP contribution < -0.4 is 5.73 Å². The maximum Gasteiger partial charge on any atom is 0.276 e. The molecule has 1 amide bonds. The van der Waals surface area contributed by atoms with E-state index in [4.69, 9.17) is 5.73 Å². The van der Waals surface area contributed by atoms with Crippen molar-refractivity contribution < 1.29 is 9.90 Å². The van der Waals surface area contributed by atoms with E-state index in [9.17, 15) is 9.90 Å². The fourth-order valence-electron chi connectivity index (χ4n) is 2.05. The van der Waals surface area contributed by atoms with Gasteiger partial charge in [0, 0.05) is 25.8 Å². The Kier molecular flexibility index (Phi) is 3.33. The number of β-amino-alcohol motifs (C(OH)–C–C–N with tert-alkyl or cyclic N) is 1. The summed E-state index contributed by atoms with van der Waals surface area (Å²) in [7, 11) is 0. The van der Waals surface area contributed by atoms with Crippen molar-refractivity contribution in [1.82, 2.24) is 14.7 Å². The Hall–Kier alpha value is -1.56. The van der Waals surface area contributed by atoms with Gasteiger partial charge >= 0.3 is 0 Å². The van der Waals surface area contributed by atoms with Crippen LogP contribution in [-0.2, 0) is 6.54 Å². The van der Waals surface area contributed by atoms with Crippen LogP contribution in [0.2, 0.25) is 0 Å². The highest BCUT2D eigenvalue weighted by Crippen LogP contribution is 2.16. The number of anilines is 1. The molecule has 1 aliphatic heterocycles. The molecule has 2 rings (SSSR count). The number of carbonyl (C=O) groups is 1. The number of amides is 1. The second kappa shape index (κ2) is 4.75. The van der Waals surface area contributed by atoms with Gasteiger partial charge in [-0.2, -0.15) is 5.10 Å². The van der Waals surface area contributed by atoms with E-state index in [2.05, 4.69) is 5.10 Å². The largest absolute Gasteiger partial charge is 0.396 e. The van der Waals surface area contributed by atoms with Crippen LogP contribution in [0, 0.1) is 0 Å². The van der Waals surface area contributed by atoms with Gasteiger partial charge in [0.15, 0.2) is 5.69 Å². The fraction of sp³-hybridized carbons (Fsp3) is 0.636. The minimum absolute atomic E-state index is 0.187. The van der Waals surface area contributed by atoms with Gasteiger partial charge in [-0.1, -0.05) is 0 Å². The van der Waals surface area contributed by atoms with Crippen molar-refractivity contribution in [2.24, 2.45) is 0 Å². The molecular formula is C11H18N4O2. The minimum atomic E-state index is -0.429. The Morgan fingerprint density at radius 2 is 2.47 bits per heavy atom. The zero-order chi connectivity index (χ0) is 12.4. The summed E-state index contributed by atoms with van der Waals surface area (Å²) in [6.45, 7) is 3.65. The summed E-state index contributed by atoms with van der Waals surface area (Å²) in [6.07, 6.45) is 2.81. The maximum absolute atomic E-state index is 12.2. The number of nitrogen functional groups attached to an aromatic ring is 1. The summed E-state index contributed by atoms with van der Waals surface area (Å²) in [5.41, 5.74) is 6.46. The number of rotatable bonds is 2. The van der Waals surface area contributed by atoms with E-state index in [-0.39, 0.29) is 5.91 Å². The SMILES string of the molecule is CCn1cc(N)c(C(=O)N2CCCC(O)C2)n1. The van der Waals surface area contributed by atoms with Crippen LogP contribution in [0.5, 0.6) is 0 Å². The lowest BCUT2D eigenvalue weighted by molar-refractivity contribution is 0.0469. The molecule has 1 aromatic rings. The summed E-state index contributed by atoms with van der Waals surface area (Å²) in [4.78, 5) is 13.8. The summed E-state index contributed by atoms with van der Waals surface area (Å²) in [5, 5.41) is 13.7. The Morgan fingerprint density at radius 3 is 3.06 bits per heavy atom. The predicted molar refractivity (Wildman–Crippen MR) is 63.5 cm³/mol. The molecule has 0 saturated carbocycles. The number of nitrogens with zero attached hydrogens (tertiary/aromatic N) is 3. The highest BCUT2D eigenvalue weighted by molar-refractivity contribution is 5.97. The number of aryl methyl sites for hydroxylation is 1. The first-order chi connectivity index (χ1) is 8.11. The number of nitrogens with two attached hydrogens (primary N) is 1. The minimum Gasteiger partial charge on any atom is -0.396 e. The molecule has 0 spiro atoms. The molecule has 94 valence electrons. The summed E-state index contributed by atoms with van der Waals surface area (Å²) in [5.74, 6) is -0.187. The number of aromatic nitrogens is 2. The number of aliphatic hydroxyl groups excluding tert-OH is 1. The molecule has 1 aromatic heterocycles. The van der Waals surface area contributed by atoms with E-state index in [0.717, 1.165) is 12.8 Å². The number of carbonyl (C=O) groups excluding carboxylic acids is 1. The van der Waals surface area contributed by atoms with E-state index >= 15 is 0 Å². The van der Waals surface area contributed by atoms with Gasteiger partial charge in [-0.15, -0.1) is 0 Å². The normalized spacial score (nSPS) is 20.6. The number of hydrogen-bond acceptors (Lipinski definition) is 4. The molecule has 1 saturated heterocycles.